The van der Waals surface area contributed by atoms with Crippen LogP contribution in [0.3, 0.4) is 0 Å². The molecule has 0 saturated carbocycles. The number of rotatable bonds is 3. The zero-order valence-corrected chi connectivity index (χ0v) is 8.71. The summed E-state index contributed by atoms with van der Waals surface area (Å²) in [6, 6.07) is 0.102. The van der Waals surface area contributed by atoms with Gasteiger partial charge in [0.05, 0.1) is 0 Å². The van der Waals surface area contributed by atoms with E-state index in [4.69, 9.17) is 0 Å². The lowest BCUT2D eigenvalue weighted by molar-refractivity contribution is -0.125. The SMILES string of the molecule is O=C1CCC(C(=O)NCC2CCCN2)N1. The Balaban J connectivity index is 1.70. The van der Waals surface area contributed by atoms with Gasteiger partial charge in [-0.25, -0.2) is 0 Å². The quantitative estimate of drug-likeness (QED) is 0.568. The van der Waals surface area contributed by atoms with Crippen molar-refractivity contribution in [1.29, 1.82) is 0 Å². The zero-order chi connectivity index (χ0) is 10.7. The lowest BCUT2D eigenvalue weighted by Crippen LogP contribution is -2.45. The summed E-state index contributed by atoms with van der Waals surface area (Å²) < 4.78 is 0. The topological polar surface area (TPSA) is 70.2 Å². The first-order valence-corrected chi connectivity index (χ1v) is 5.56. The fraction of sp³-hybridized carbons (Fsp3) is 0.800. The van der Waals surface area contributed by atoms with Crippen molar-refractivity contribution in [3.63, 3.8) is 0 Å². The second kappa shape index (κ2) is 4.61. The molecule has 2 heterocycles. The molecule has 3 N–H and O–H groups in total. The highest BCUT2D eigenvalue weighted by Gasteiger charge is 2.27. The van der Waals surface area contributed by atoms with Crippen molar-refractivity contribution in [3.05, 3.63) is 0 Å². The molecule has 5 nitrogen and oxygen atoms in total. The van der Waals surface area contributed by atoms with Crippen molar-refractivity contribution in [2.45, 2.75) is 37.8 Å². The highest BCUT2D eigenvalue weighted by Crippen LogP contribution is 2.07. The van der Waals surface area contributed by atoms with E-state index in [2.05, 4.69) is 16.0 Å². The predicted octanol–water partition coefficient (Wildman–Crippen LogP) is -0.867. The van der Waals surface area contributed by atoms with Crippen LogP contribution in [0.4, 0.5) is 0 Å². The molecule has 2 atom stereocenters. The molecule has 2 aliphatic heterocycles. The molecular formula is C10H17N3O2. The van der Waals surface area contributed by atoms with Crippen LogP contribution < -0.4 is 16.0 Å². The van der Waals surface area contributed by atoms with Gasteiger partial charge in [0.1, 0.15) is 6.04 Å². The first-order valence-electron chi connectivity index (χ1n) is 5.56. The summed E-state index contributed by atoms with van der Waals surface area (Å²) in [6.45, 7) is 1.71. The summed E-state index contributed by atoms with van der Waals surface area (Å²) in [4.78, 5) is 22.5. The van der Waals surface area contributed by atoms with Gasteiger partial charge in [-0.05, 0) is 25.8 Å². The normalized spacial score (nSPS) is 30.3. The van der Waals surface area contributed by atoms with Gasteiger partial charge in [-0.2, -0.15) is 0 Å². The number of amides is 2. The minimum absolute atomic E-state index is 0.0193. The molecule has 2 fully saturated rings. The minimum atomic E-state index is -0.307. The van der Waals surface area contributed by atoms with Crippen LogP contribution in [0, 0.1) is 0 Å². The maximum atomic E-state index is 11.6. The van der Waals surface area contributed by atoms with Crippen molar-refractivity contribution in [3.8, 4) is 0 Å². The Labute approximate surface area is 89.0 Å². The summed E-state index contributed by atoms with van der Waals surface area (Å²) in [6.07, 6.45) is 3.40. The molecule has 15 heavy (non-hydrogen) atoms. The Morgan fingerprint density at radius 2 is 2.33 bits per heavy atom. The van der Waals surface area contributed by atoms with Crippen molar-refractivity contribution in [1.82, 2.24) is 16.0 Å². The molecule has 2 saturated heterocycles. The van der Waals surface area contributed by atoms with E-state index in [-0.39, 0.29) is 17.9 Å². The van der Waals surface area contributed by atoms with E-state index < -0.39 is 0 Å². The third-order valence-corrected chi connectivity index (χ3v) is 3.00. The van der Waals surface area contributed by atoms with Gasteiger partial charge in [-0.15, -0.1) is 0 Å². The minimum Gasteiger partial charge on any atom is -0.353 e. The molecule has 2 unspecified atom stereocenters. The van der Waals surface area contributed by atoms with Gasteiger partial charge in [-0.1, -0.05) is 0 Å². The van der Waals surface area contributed by atoms with Crippen LogP contribution in [0.1, 0.15) is 25.7 Å². The van der Waals surface area contributed by atoms with Crippen molar-refractivity contribution in [2.24, 2.45) is 0 Å². The summed E-state index contributed by atoms with van der Waals surface area (Å²) in [7, 11) is 0. The molecule has 0 bridgehead atoms. The first-order chi connectivity index (χ1) is 7.25. The van der Waals surface area contributed by atoms with E-state index in [1.165, 1.54) is 6.42 Å². The number of carbonyl (C=O) groups excluding carboxylic acids is 2. The Kier molecular flexibility index (Phi) is 3.20. The van der Waals surface area contributed by atoms with Crippen LogP contribution in [-0.4, -0.2) is 37.0 Å². The standard InChI is InChI=1S/C10H17N3O2/c14-9-4-3-8(13-9)10(15)12-6-7-2-1-5-11-7/h7-8,11H,1-6H2,(H,12,15)(H,13,14). The average Bonchev–Trinajstić information content (AvgIpc) is 2.84. The number of hydrogen-bond acceptors (Lipinski definition) is 3. The fourth-order valence-electron chi connectivity index (χ4n) is 2.09. The van der Waals surface area contributed by atoms with Crippen LogP contribution in [0.2, 0.25) is 0 Å². The van der Waals surface area contributed by atoms with Gasteiger partial charge in [0.25, 0.3) is 0 Å². The molecule has 0 radical (unpaired) electrons. The van der Waals surface area contributed by atoms with Gasteiger partial charge in [0.2, 0.25) is 11.8 Å². The Hall–Kier alpha value is -1.10. The number of nitrogens with one attached hydrogen (secondary N) is 3. The fourth-order valence-corrected chi connectivity index (χ4v) is 2.09. The molecular weight excluding hydrogens is 194 g/mol. The lowest BCUT2D eigenvalue weighted by Gasteiger charge is -2.14. The van der Waals surface area contributed by atoms with Crippen molar-refractivity contribution in [2.75, 3.05) is 13.1 Å². The Bertz CT molecular complexity index is 261. The second-order valence-electron chi connectivity index (χ2n) is 4.20. The van der Waals surface area contributed by atoms with E-state index in [9.17, 15) is 9.59 Å². The predicted molar refractivity (Wildman–Crippen MR) is 55.2 cm³/mol. The summed E-state index contributed by atoms with van der Waals surface area (Å²) >= 11 is 0. The Morgan fingerprint density at radius 3 is 2.93 bits per heavy atom. The van der Waals surface area contributed by atoms with Crippen LogP contribution in [0.25, 0.3) is 0 Å². The van der Waals surface area contributed by atoms with Crippen LogP contribution in [0.5, 0.6) is 0 Å². The molecule has 2 rings (SSSR count). The maximum Gasteiger partial charge on any atom is 0.242 e. The monoisotopic (exact) mass is 211 g/mol. The highest BCUT2D eigenvalue weighted by atomic mass is 16.2. The van der Waals surface area contributed by atoms with E-state index in [1.807, 2.05) is 0 Å². The molecule has 0 aromatic carbocycles. The van der Waals surface area contributed by atoms with Gasteiger partial charge in [-0.3, -0.25) is 9.59 Å². The van der Waals surface area contributed by atoms with Crippen molar-refractivity contribution < 1.29 is 9.59 Å². The average molecular weight is 211 g/mol. The molecule has 84 valence electrons. The first kappa shape index (κ1) is 10.4. The Morgan fingerprint density at radius 1 is 1.47 bits per heavy atom. The van der Waals surface area contributed by atoms with Crippen LogP contribution in [-0.2, 0) is 9.59 Å². The number of hydrogen-bond donors (Lipinski definition) is 3. The number of carbonyl (C=O) groups is 2. The molecule has 0 aliphatic carbocycles. The molecule has 0 aromatic heterocycles. The largest absolute Gasteiger partial charge is 0.353 e. The summed E-state index contributed by atoms with van der Waals surface area (Å²) in [5.41, 5.74) is 0. The summed E-state index contributed by atoms with van der Waals surface area (Å²) in [5.74, 6) is -0.0660. The molecule has 2 amide bonds. The van der Waals surface area contributed by atoms with Crippen LogP contribution in [0.15, 0.2) is 0 Å². The van der Waals surface area contributed by atoms with E-state index in [0.29, 0.717) is 25.4 Å². The van der Waals surface area contributed by atoms with Crippen LogP contribution >= 0.6 is 0 Å². The third-order valence-electron chi connectivity index (χ3n) is 3.00. The molecule has 0 aromatic rings. The molecule has 2 aliphatic rings. The highest BCUT2D eigenvalue weighted by molar-refractivity contribution is 5.90. The van der Waals surface area contributed by atoms with Gasteiger partial charge >= 0.3 is 0 Å². The van der Waals surface area contributed by atoms with Crippen molar-refractivity contribution >= 4 is 11.8 Å². The second-order valence-corrected chi connectivity index (χ2v) is 4.20. The van der Waals surface area contributed by atoms with Gasteiger partial charge in [0.15, 0.2) is 0 Å². The van der Waals surface area contributed by atoms with E-state index in [0.717, 1.165) is 13.0 Å². The smallest absolute Gasteiger partial charge is 0.242 e. The van der Waals surface area contributed by atoms with Gasteiger partial charge in [0, 0.05) is 19.0 Å². The maximum absolute atomic E-state index is 11.6. The lowest BCUT2D eigenvalue weighted by atomic mass is 10.2. The van der Waals surface area contributed by atoms with Gasteiger partial charge < -0.3 is 16.0 Å². The van der Waals surface area contributed by atoms with E-state index >= 15 is 0 Å². The third kappa shape index (κ3) is 2.68. The molecule has 0 spiro atoms. The zero-order valence-electron chi connectivity index (χ0n) is 8.71. The van der Waals surface area contributed by atoms with E-state index in [1.54, 1.807) is 0 Å². The molecule has 5 heteroatoms. The summed E-state index contributed by atoms with van der Waals surface area (Å²) in [5, 5.41) is 8.84.